The van der Waals surface area contributed by atoms with Gasteiger partial charge in [-0.05, 0) is 30.3 Å². The number of hydrogen-bond acceptors (Lipinski definition) is 3. The number of benzene rings is 2. The molecule has 0 saturated heterocycles. The first-order valence-corrected chi connectivity index (χ1v) is 10.4. The molecule has 1 unspecified atom stereocenters. The largest absolute Gasteiger partial charge is 0.497 e. The lowest BCUT2D eigenvalue weighted by Gasteiger charge is -2.41. The number of methoxy groups -OCH3 is 1. The average Bonchev–Trinajstić information content (AvgIpc) is 2.69. The van der Waals surface area contributed by atoms with Gasteiger partial charge in [-0.1, -0.05) is 44.2 Å². The van der Waals surface area contributed by atoms with Gasteiger partial charge in [-0.25, -0.2) is 9.24 Å². The Hall–Kier alpha value is -2.23. The van der Waals surface area contributed by atoms with Gasteiger partial charge < -0.3 is 9.26 Å². The summed E-state index contributed by atoms with van der Waals surface area (Å²) in [6, 6.07) is 17.4. The fourth-order valence-electron chi connectivity index (χ4n) is 3.06. The Kier molecular flexibility index (Phi) is 5.70. The Morgan fingerprint density at radius 2 is 1.73 bits per heavy atom. The predicted octanol–water partition coefficient (Wildman–Crippen LogP) is 5.02. The molecule has 6 heteroatoms. The number of anilines is 1. The van der Waals surface area contributed by atoms with Gasteiger partial charge in [0.05, 0.1) is 13.7 Å². The Labute approximate surface area is 155 Å². The number of hydrogen-bond donors (Lipinski definition) is 0. The van der Waals surface area contributed by atoms with Gasteiger partial charge in [-0.15, -0.1) is 0 Å². The maximum absolute atomic E-state index is 14.0. The summed E-state index contributed by atoms with van der Waals surface area (Å²) < 4.78 is 29.2. The number of rotatable bonds is 6. The van der Waals surface area contributed by atoms with Crippen molar-refractivity contribution in [1.82, 2.24) is 4.67 Å². The summed E-state index contributed by atoms with van der Waals surface area (Å²) >= 11 is 0. The molecule has 26 heavy (non-hydrogen) atoms. The van der Waals surface area contributed by atoms with E-state index in [1.807, 2.05) is 83.9 Å². The lowest BCUT2D eigenvalue weighted by atomic mass is 10.2. The third-order valence-electron chi connectivity index (χ3n) is 4.49. The SMILES string of the molecule is CCN(CC)P1(=O)OC(c2ccccc2)=CCN1c1ccc(OC)cc1. The molecule has 0 saturated carbocycles. The van der Waals surface area contributed by atoms with E-state index in [2.05, 4.69) is 0 Å². The van der Waals surface area contributed by atoms with E-state index < -0.39 is 7.67 Å². The summed E-state index contributed by atoms with van der Waals surface area (Å²) in [4.78, 5) is 0. The Bertz CT molecular complexity index is 802. The van der Waals surface area contributed by atoms with Crippen molar-refractivity contribution >= 4 is 19.1 Å². The maximum Gasteiger partial charge on any atom is 0.422 e. The van der Waals surface area contributed by atoms with E-state index >= 15 is 0 Å². The highest BCUT2D eigenvalue weighted by Crippen LogP contribution is 2.60. The van der Waals surface area contributed by atoms with Gasteiger partial charge in [0.15, 0.2) is 0 Å². The molecule has 3 rings (SSSR count). The summed E-state index contributed by atoms with van der Waals surface area (Å²) in [5.41, 5.74) is 1.79. The van der Waals surface area contributed by atoms with Crippen molar-refractivity contribution in [2.75, 3.05) is 31.4 Å². The first kappa shape index (κ1) is 18.6. The van der Waals surface area contributed by atoms with Gasteiger partial charge in [-0.2, -0.15) is 0 Å². The standard InChI is InChI=1S/C20H25N2O3P/c1-4-21(5-2)26(23)22(18-11-13-19(24-3)14-12-18)16-15-20(25-26)17-9-7-6-8-10-17/h6-15H,4-5,16H2,1-3H3. The van der Waals surface area contributed by atoms with E-state index in [-0.39, 0.29) is 0 Å². The first-order chi connectivity index (χ1) is 12.6. The Morgan fingerprint density at radius 3 is 2.31 bits per heavy atom. The molecule has 0 spiro atoms. The fourth-order valence-corrected chi connectivity index (χ4v) is 5.44. The minimum atomic E-state index is -3.24. The predicted molar refractivity (Wildman–Crippen MR) is 106 cm³/mol. The van der Waals surface area contributed by atoms with Gasteiger partial charge >= 0.3 is 7.67 Å². The smallest absolute Gasteiger partial charge is 0.422 e. The maximum atomic E-state index is 14.0. The van der Waals surface area contributed by atoms with Crippen LogP contribution in [0.4, 0.5) is 5.69 Å². The van der Waals surface area contributed by atoms with Crippen molar-refractivity contribution in [3.05, 3.63) is 66.2 Å². The minimum Gasteiger partial charge on any atom is -0.497 e. The van der Waals surface area contributed by atoms with Gasteiger partial charge in [0.2, 0.25) is 0 Å². The van der Waals surface area contributed by atoms with E-state index in [9.17, 15) is 4.57 Å². The molecule has 138 valence electrons. The van der Waals surface area contributed by atoms with E-state index in [0.717, 1.165) is 17.0 Å². The van der Waals surface area contributed by atoms with Crippen molar-refractivity contribution in [1.29, 1.82) is 0 Å². The van der Waals surface area contributed by atoms with Gasteiger partial charge in [-0.3, -0.25) is 4.67 Å². The molecule has 0 aromatic heterocycles. The molecule has 0 radical (unpaired) electrons. The third kappa shape index (κ3) is 3.50. The van der Waals surface area contributed by atoms with E-state index in [0.29, 0.717) is 25.4 Å². The van der Waals surface area contributed by atoms with Crippen LogP contribution in [0.5, 0.6) is 5.75 Å². The molecular formula is C20H25N2O3P. The quantitative estimate of drug-likeness (QED) is 0.666. The van der Waals surface area contributed by atoms with Crippen molar-refractivity contribution in [2.45, 2.75) is 13.8 Å². The molecule has 0 aliphatic carbocycles. The fraction of sp³-hybridized carbons (Fsp3) is 0.300. The topological polar surface area (TPSA) is 42.0 Å². The zero-order valence-corrected chi connectivity index (χ0v) is 16.4. The summed E-state index contributed by atoms with van der Waals surface area (Å²) in [7, 11) is -1.61. The van der Waals surface area contributed by atoms with Crippen LogP contribution in [0.15, 0.2) is 60.7 Å². The molecule has 0 N–H and O–H groups in total. The van der Waals surface area contributed by atoms with Crippen LogP contribution in [0.25, 0.3) is 5.76 Å². The second-order valence-electron chi connectivity index (χ2n) is 5.94. The zero-order valence-electron chi connectivity index (χ0n) is 15.5. The minimum absolute atomic E-state index is 0.518. The monoisotopic (exact) mass is 372 g/mol. The van der Waals surface area contributed by atoms with Crippen LogP contribution in [0.1, 0.15) is 19.4 Å². The van der Waals surface area contributed by atoms with Crippen LogP contribution in [0, 0.1) is 0 Å². The molecule has 1 aliphatic rings. The molecule has 0 bridgehead atoms. The zero-order chi connectivity index (χ0) is 18.6. The molecule has 5 nitrogen and oxygen atoms in total. The van der Waals surface area contributed by atoms with E-state index in [1.54, 1.807) is 7.11 Å². The Balaban J connectivity index is 2.01. The average molecular weight is 372 g/mol. The number of nitrogens with zero attached hydrogens (tertiary/aromatic N) is 2. The van der Waals surface area contributed by atoms with Crippen molar-refractivity contribution in [2.24, 2.45) is 0 Å². The van der Waals surface area contributed by atoms with Gasteiger partial charge in [0.1, 0.15) is 11.5 Å². The van der Waals surface area contributed by atoms with Crippen LogP contribution in [0.3, 0.4) is 0 Å². The Morgan fingerprint density at radius 1 is 1.08 bits per heavy atom. The van der Waals surface area contributed by atoms with E-state index in [4.69, 9.17) is 9.26 Å². The highest BCUT2D eigenvalue weighted by molar-refractivity contribution is 7.58. The molecule has 1 atom stereocenters. The van der Waals surface area contributed by atoms with Crippen molar-refractivity contribution in [3.63, 3.8) is 0 Å². The normalized spacial score (nSPS) is 19.8. The molecule has 2 aromatic rings. The summed E-state index contributed by atoms with van der Waals surface area (Å²) in [6.45, 7) is 5.80. The molecule has 1 heterocycles. The van der Waals surface area contributed by atoms with Crippen molar-refractivity contribution in [3.8, 4) is 5.75 Å². The van der Waals surface area contributed by atoms with Crippen LogP contribution < -0.4 is 9.41 Å². The van der Waals surface area contributed by atoms with E-state index in [1.165, 1.54) is 0 Å². The highest BCUT2D eigenvalue weighted by atomic mass is 31.2. The highest BCUT2D eigenvalue weighted by Gasteiger charge is 2.42. The van der Waals surface area contributed by atoms with Crippen molar-refractivity contribution < 1.29 is 13.8 Å². The van der Waals surface area contributed by atoms with Crippen LogP contribution in [-0.2, 0) is 9.09 Å². The third-order valence-corrected chi connectivity index (χ3v) is 7.21. The summed E-state index contributed by atoms with van der Waals surface area (Å²) in [5.74, 6) is 1.44. The summed E-state index contributed by atoms with van der Waals surface area (Å²) in [6.07, 6.45) is 1.99. The van der Waals surface area contributed by atoms with Crippen LogP contribution in [0.2, 0.25) is 0 Å². The second-order valence-corrected chi connectivity index (χ2v) is 8.15. The lowest BCUT2D eigenvalue weighted by molar-refractivity contribution is 0.349. The lowest BCUT2D eigenvalue weighted by Crippen LogP contribution is -2.35. The summed E-state index contributed by atoms with van der Waals surface area (Å²) in [5, 5.41) is 0. The molecule has 0 amide bonds. The molecule has 2 aromatic carbocycles. The van der Waals surface area contributed by atoms with Crippen LogP contribution in [-0.4, -0.2) is 31.4 Å². The molecular weight excluding hydrogens is 347 g/mol. The first-order valence-electron chi connectivity index (χ1n) is 8.85. The number of ether oxygens (including phenoxy) is 1. The van der Waals surface area contributed by atoms with Gasteiger partial charge in [0, 0.05) is 24.3 Å². The molecule has 1 aliphatic heterocycles. The van der Waals surface area contributed by atoms with Crippen LogP contribution >= 0.6 is 7.67 Å². The second kappa shape index (κ2) is 7.98. The van der Waals surface area contributed by atoms with Gasteiger partial charge in [0.25, 0.3) is 0 Å². The molecule has 0 fully saturated rings.